The molecule has 3 N–H and O–H groups in total. The third kappa shape index (κ3) is 3.74. The van der Waals surface area contributed by atoms with Crippen molar-refractivity contribution < 1.29 is 12.6 Å². The Labute approximate surface area is 122 Å². The van der Waals surface area contributed by atoms with Crippen molar-refractivity contribution in [2.24, 2.45) is 0 Å². The molecule has 19 heavy (non-hydrogen) atoms. The molecule has 1 aliphatic heterocycles. The van der Waals surface area contributed by atoms with E-state index in [4.69, 9.17) is 5.73 Å². The molecule has 1 aromatic rings. The van der Waals surface area contributed by atoms with E-state index in [1.54, 1.807) is 0 Å². The number of halogens is 1. The Balaban J connectivity index is 2.18. The molecule has 0 saturated carbocycles. The van der Waals surface area contributed by atoms with E-state index in [-0.39, 0.29) is 16.8 Å². The molecule has 6 nitrogen and oxygen atoms in total. The molecule has 0 bridgehead atoms. The lowest BCUT2D eigenvalue weighted by atomic mass is 10.2. The molecule has 0 radical (unpaired) electrons. The summed E-state index contributed by atoms with van der Waals surface area (Å²) in [4.78, 5) is 3.78. The van der Waals surface area contributed by atoms with Crippen LogP contribution >= 0.6 is 15.9 Å². The number of aromatic nitrogens is 1. The van der Waals surface area contributed by atoms with Gasteiger partial charge in [0.2, 0.25) is 10.0 Å². The molecule has 1 aliphatic rings. The predicted molar refractivity (Wildman–Crippen MR) is 77.6 cm³/mol. The summed E-state index contributed by atoms with van der Waals surface area (Å²) >= 11 is 3.17. The first-order valence-corrected chi connectivity index (χ1v) is 9.43. The van der Waals surface area contributed by atoms with Gasteiger partial charge in [0.15, 0.2) is 0 Å². The molecular formula is C10H14BrN3O3S2. The van der Waals surface area contributed by atoms with Gasteiger partial charge in [-0.3, -0.25) is 4.21 Å². The third-order valence-corrected chi connectivity index (χ3v) is 6.21. The van der Waals surface area contributed by atoms with Crippen molar-refractivity contribution in [2.75, 3.05) is 17.2 Å². The van der Waals surface area contributed by atoms with Crippen LogP contribution in [-0.4, -0.2) is 35.2 Å². The van der Waals surface area contributed by atoms with Crippen LogP contribution in [-0.2, 0) is 20.8 Å². The number of nitrogens with two attached hydrogens (primary N) is 1. The lowest BCUT2D eigenvalue weighted by molar-refractivity contribution is 0.522. The second-order valence-corrected chi connectivity index (χ2v) is 8.57. The molecule has 0 aliphatic carbocycles. The first-order chi connectivity index (χ1) is 8.88. The van der Waals surface area contributed by atoms with Crippen molar-refractivity contribution in [1.82, 2.24) is 9.71 Å². The van der Waals surface area contributed by atoms with E-state index in [9.17, 15) is 12.6 Å². The van der Waals surface area contributed by atoms with Gasteiger partial charge in [0, 0.05) is 39.0 Å². The van der Waals surface area contributed by atoms with E-state index in [1.165, 1.54) is 12.3 Å². The van der Waals surface area contributed by atoms with Crippen LogP contribution in [0.25, 0.3) is 0 Å². The summed E-state index contributed by atoms with van der Waals surface area (Å²) in [5, 5.41) is 0. The maximum Gasteiger partial charge on any atom is 0.244 e. The number of anilines is 1. The second-order valence-electron chi connectivity index (χ2n) is 4.28. The molecule has 0 unspecified atom stereocenters. The van der Waals surface area contributed by atoms with Gasteiger partial charge in [0.1, 0.15) is 10.7 Å². The zero-order valence-corrected chi connectivity index (χ0v) is 13.2. The molecule has 2 heterocycles. The quantitative estimate of drug-likeness (QED) is 0.814. The van der Waals surface area contributed by atoms with E-state index < -0.39 is 20.8 Å². The summed E-state index contributed by atoms with van der Waals surface area (Å²) in [6, 6.07) is 1.23. The van der Waals surface area contributed by atoms with Crippen LogP contribution in [0.15, 0.2) is 21.6 Å². The summed E-state index contributed by atoms with van der Waals surface area (Å²) in [5.74, 6) is 1.02. The Bertz CT molecular complexity index is 596. The number of pyridine rings is 1. The van der Waals surface area contributed by atoms with Crippen molar-refractivity contribution in [3.05, 3.63) is 16.7 Å². The van der Waals surface area contributed by atoms with E-state index in [1.807, 2.05) is 0 Å². The van der Waals surface area contributed by atoms with Crippen LogP contribution in [0.1, 0.15) is 12.8 Å². The van der Waals surface area contributed by atoms with Gasteiger partial charge >= 0.3 is 0 Å². The smallest absolute Gasteiger partial charge is 0.244 e. The Kier molecular flexibility index (Phi) is 4.59. The van der Waals surface area contributed by atoms with Gasteiger partial charge in [-0.15, -0.1) is 0 Å². The van der Waals surface area contributed by atoms with Gasteiger partial charge in [-0.2, -0.15) is 0 Å². The minimum Gasteiger partial charge on any atom is -0.383 e. The number of rotatable bonds is 3. The SMILES string of the molecule is Nc1ncc(Br)cc1S(=O)(=O)NC1CCS(=O)CC1. The maximum absolute atomic E-state index is 12.2. The number of hydrogen-bond donors (Lipinski definition) is 2. The fourth-order valence-corrected chi connectivity index (χ4v) is 5.03. The monoisotopic (exact) mass is 367 g/mol. The molecule has 1 saturated heterocycles. The van der Waals surface area contributed by atoms with Crippen LogP contribution in [0.3, 0.4) is 0 Å². The minimum absolute atomic E-state index is 0.0323. The highest BCUT2D eigenvalue weighted by molar-refractivity contribution is 9.10. The van der Waals surface area contributed by atoms with E-state index in [0.717, 1.165) is 0 Å². The maximum atomic E-state index is 12.2. The Morgan fingerprint density at radius 3 is 2.68 bits per heavy atom. The Morgan fingerprint density at radius 1 is 1.42 bits per heavy atom. The average Bonchev–Trinajstić information content (AvgIpc) is 2.35. The zero-order valence-electron chi connectivity index (χ0n) is 10.0. The van der Waals surface area contributed by atoms with Gasteiger partial charge in [0.05, 0.1) is 0 Å². The van der Waals surface area contributed by atoms with Crippen LogP contribution in [0.5, 0.6) is 0 Å². The van der Waals surface area contributed by atoms with Gasteiger partial charge < -0.3 is 5.73 Å². The molecule has 0 aromatic carbocycles. The third-order valence-electron chi connectivity index (χ3n) is 2.85. The van der Waals surface area contributed by atoms with Crippen molar-refractivity contribution in [2.45, 2.75) is 23.8 Å². The van der Waals surface area contributed by atoms with Gasteiger partial charge in [-0.25, -0.2) is 18.1 Å². The first kappa shape index (κ1) is 14.9. The lowest BCUT2D eigenvalue weighted by Gasteiger charge is -2.22. The number of nitrogen functional groups attached to an aromatic ring is 1. The van der Waals surface area contributed by atoms with Gasteiger partial charge in [-0.05, 0) is 34.8 Å². The molecule has 0 spiro atoms. The molecule has 0 amide bonds. The minimum atomic E-state index is -3.70. The highest BCUT2D eigenvalue weighted by Crippen LogP contribution is 2.21. The van der Waals surface area contributed by atoms with Crippen LogP contribution in [0.4, 0.5) is 5.82 Å². The average molecular weight is 368 g/mol. The fraction of sp³-hybridized carbons (Fsp3) is 0.500. The van der Waals surface area contributed by atoms with Crippen molar-refractivity contribution in [3.63, 3.8) is 0 Å². The topological polar surface area (TPSA) is 102 Å². The van der Waals surface area contributed by atoms with E-state index >= 15 is 0 Å². The molecule has 1 aromatic heterocycles. The molecule has 2 rings (SSSR count). The summed E-state index contributed by atoms with van der Waals surface area (Å²) in [6.07, 6.45) is 2.60. The molecule has 1 fully saturated rings. The largest absolute Gasteiger partial charge is 0.383 e. The first-order valence-electron chi connectivity index (χ1n) is 5.67. The summed E-state index contributed by atoms with van der Waals surface area (Å²) in [7, 11) is -4.52. The molecular weight excluding hydrogens is 354 g/mol. The number of hydrogen-bond acceptors (Lipinski definition) is 5. The van der Waals surface area contributed by atoms with Crippen LogP contribution in [0.2, 0.25) is 0 Å². The number of nitrogens with one attached hydrogen (secondary N) is 1. The fourth-order valence-electron chi connectivity index (χ4n) is 1.84. The summed E-state index contributed by atoms with van der Waals surface area (Å²) in [5.41, 5.74) is 5.60. The zero-order chi connectivity index (χ0) is 14.0. The van der Waals surface area contributed by atoms with Gasteiger partial charge in [0.25, 0.3) is 0 Å². The van der Waals surface area contributed by atoms with E-state index in [0.29, 0.717) is 28.8 Å². The van der Waals surface area contributed by atoms with Crippen molar-refractivity contribution in [1.29, 1.82) is 0 Å². The van der Waals surface area contributed by atoms with Crippen molar-refractivity contribution in [3.8, 4) is 0 Å². The predicted octanol–water partition coefficient (Wildman–Crippen LogP) is 0.616. The van der Waals surface area contributed by atoms with Crippen LogP contribution in [0, 0.1) is 0 Å². The van der Waals surface area contributed by atoms with E-state index in [2.05, 4.69) is 25.6 Å². The Morgan fingerprint density at radius 2 is 2.05 bits per heavy atom. The number of nitrogens with zero attached hydrogens (tertiary/aromatic N) is 1. The number of sulfonamides is 1. The summed E-state index contributed by atoms with van der Waals surface area (Å²) in [6.45, 7) is 0. The highest BCUT2D eigenvalue weighted by atomic mass is 79.9. The standard InChI is InChI=1S/C10H14BrN3O3S2/c11-7-5-9(10(12)13-6-7)19(16,17)14-8-1-3-18(15)4-2-8/h5-6,8,14H,1-4H2,(H2,12,13). The van der Waals surface area contributed by atoms with Crippen molar-refractivity contribution >= 4 is 42.6 Å². The van der Waals surface area contributed by atoms with Crippen LogP contribution < -0.4 is 10.5 Å². The molecule has 9 heteroatoms. The second kappa shape index (κ2) is 5.86. The lowest BCUT2D eigenvalue weighted by Crippen LogP contribution is -2.39. The molecule has 0 atom stereocenters. The van der Waals surface area contributed by atoms with Gasteiger partial charge in [-0.1, -0.05) is 0 Å². The highest BCUT2D eigenvalue weighted by Gasteiger charge is 2.26. The molecule has 106 valence electrons. The Hall–Kier alpha value is -0.510. The summed E-state index contributed by atoms with van der Waals surface area (Å²) < 4.78 is 38.8. The normalized spacial score (nSPS) is 24.3.